The Hall–Kier alpha value is -1.40. The molecule has 0 aliphatic carbocycles. The monoisotopic (exact) mass is 325 g/mol. The second-order valence-electron chi connectivity index (χ2n) is 4.67. The lowest BCUT2D eigenvalue weighted by atomic mass is 10.1. The molecule has 0 unspecified atom stereocenters. The van der Waals surface area contributed by atoms with Crippen LogP contribution in [0.3, 0.4) is 0 Å². The number of sulfonamides is 1. The van der Waals surface area contributed by atoms with Crippen molar-refractivity contribution in [2.24, 2.45) is 0 Å². The minimum atomic E-state index is -3.73. The Balaban J connectivity index is 2.25. The summed E-state index contributed by atoms with van der Waals surface area (Å²) in [6.07, 6.45) is 0. The molecule has 2 aromatic carbocycles. The Morgan fingerprint density at radius 1 is 1.19 bits per heavy atom. The Labute approximate surface area is 129 Å². The van der Waals surface area contributed by atoms with Crippen LogP contribution in [-0.2, 0) is 23.2 Å². The molecule has 4 nitrogen and oxygen atoms in total. The van der Waals surface area contributed by atoms with Gasteiger partial charge < -0.3 is 5.11 Å². The van der Waals surface area contributed by atoms with E-state index in [9.17, 15) is 8.42 Å². The van der Waals surface area contributed by atoms with Gasteiger partial charge in [0.1, 0.15) is 4.90 Å². The molecule has 0 spiro atoms. The van der Waals surface area contributed by atoms with Gasteiger partial charge >= 0.3 is 0 Å². The molecule has 0 radical (unpaired) electrons. The van der Waals surface area contributed by atoms with Crippen LogP contribution in [0.4, 0.5) is 0 Å². The third-order valence-corrected chi connectivity index (χ3v) is 5.06. The number of benzene rings is 2. The SMILES string of the molecule is Cc1ccccc1CNS(=O)(=O)c1cc(CO)ccc1Cl. The molecule has 2 N–H and O–H groups in total. The number of hydrogen-bond acceptors (Lipinski definition) is 3. The maximum atomic E-state index is 12.3. The summed E-state index contributed by atoms with van der Waals surface area (Å²) < 4.78 is 27.2. The molecule has 0 amide bonds. The molecule has 21 heavy (non-hydrogen) atoms. The van der Waals surface area contributed by atoms with Crippen molar-refractivity contribution in [2.75, 3.05) is 0 Å². The van der Waals surface area contributed by atoms with Gasteiger partial charge in [-0.15, -0.1) is 0 Å². The standard InChI is InChI=1S/C15H16ClNO3S/c1-11-4-2-3-5-13(11)9-17-21(19,20)15-8-12(10-18)6-7-14(15)16/h2-8,17-18H,9-10H2,1H3. The zero-order valence-electron chi connectivity index (χ0n) is 11.5. The van der Waals surface area contributed by atoms with Crippen LogP contribution in [0.2, 0.25) is 5.02 Å². The van der Waals surface area contributed by atoms with E-state index in [1.54, 1.807) is 6.07 Å². The zero-order valence-corrected chi connectivity index (χ0v) is 13.1. The summed E-state index contributed by atoms with van der Waals surface area (Å²) in [5.74, 6) is 0. The average molecular weight is 326 g/mol. The molecule has 0 fully saturated rings. The van der Waals surface area contributed by atoms with Gasteiger partial charge in [0.05, 0.1) is 11.6 Å². The van der Waals surface area contributed by atoms with Gasteiger partial charge in [-0.05, 0) is 35.7 Å². The van der Waals surface area contributed by atoms with Gasteiger partial charge in [0.25, 0.3) is 0 Å². The van der Waals surface area contributed by atoms with Crippen molar-refractivity contribution < 1.29 is 13.5 Å². The largest absolute Gasteiger partial charge is 0.392 e. The van der Waals surface area contributed by atoms with E-state index in [4.69, 9.17) is 16.7 Å². The van der Waals surface area contributed by atoms with E-state index in [1.165, 1.54) is 12.1 Å². The van der Waals surface area contributed by atoms with Gasteiger partial charge in [-0.2, -0.15) is 0 Å². The fourth-order valence-corrected chi connectivity index (χ4v) is 3.47. The van der Waals surface area contributed by atoms with E-state index in [1.807, 2.05) is 31.2 Å². The Bertz CT molecular complexity index is 744. The van der Waals surface area contributed by atoms with Gasteiger partial charge in [-0.25, -0.2) is 13.1 Å². The first kappa shape index (κ1) is 16.0. The Morgan fingerprint density at radius 3 is 2.57 bits per heavy atom. The molecule has 0 bridgehead atoms. The lowest BCUT2D eigenvalue weighted by Gasteiger charge is -2.11. The minimum Gasteiger partial charge on any atom is -0.392 e. The number of rotatable bonds is 5. The highest BCUT2D eigenvalue weighted by Gasteiger charge is 2.18. The maximum absolute atomic E-state index is 12.3. The van der Waals surface area contributed by atoms with Crippen LogP contribution in [0.5, 0.6) is 0 Å². The van der Waals surface area contributed by atoms with Gasteiger partial charge in [-0.3, -0.25) is 0 Å². The predicted octanol–water partition coefficient (Wildman–Crippen LogP) is 2.62. The van der Waals surface area contributed by atoms with Crippen LogP contribution >= 0.6 is 11.6 Å². The smallest absolute Gasteiger partial charge is 0.242 e. The molecule has 112 valence electrons. The summed E-state index contributed by atoms with van der Waals surface area (Å²) in [4.78, 5) is -0.0238. The topological polar surface area (TPSA) is 66.4 Å². The van der Waals surface area contributed by atoms with Crippen molar-refractivity contribution >= 4 is 21.6 Å². The fraction of sp³-hybridized carbons (Fsp3) is 0.200. The molecule has 0 aliphatic rings. The van der Waals surface area contributed by atoms with Crippen LogP contribution in [0, 0.1) is 6.92 Å². The van der Waals surface area contributed by atoms with Crippen LogP contribution in [0.25, 0.3) is 0 Å². The number of aryl methyl sites for hydroxylation is 1. The second kappa shape index (κ2) is 6.58. The summed E-state index contributed by atoms with van der Waals surface area (Å²) in [5, 5.41) is 9.23. The minimum absolute atomic E-state index is 0.0238. The Morgan fingerprint density at radius 2 is 1.90 bits per heavy atom. The summed E-state index contributed by atoms with van der Waals surface area (Å²) in [6.45, 7) is 1.87. The summed E-state index contributed by atoms with van der Waals surface area (Å²) in [6, 6.07) is 12.0. The van der Waals surface area contributed by atoms with Gasteiger partial charge in [0.15, 0.2) is 0 Å². The molecular weight excluding hydrogens is 310 g/mol. The van der Waals surface area contributed by atoms with Crippen molar-refractivity contribution in [3.05, 3.63) is 64.2 Å². The highest BCUT2D eigenvalue weighted by Crippen LogP contribution is 2.23. The first-order valence-corrected chi connectivity index (χ1v) is 8.23. The highest BCUT2D eigenvalue weighted by atomic mass is 35.5. The van der Waals surface area contributed by atoms with E-state index in [-0.39, 0.29) is 23.1 Å². The summed E-state index contributed by atoms with van der Waals surface area (Å²) in [5.41, 5.74) is 2.40. The van der Waals surface area contributed by atoms with Gasteiger partial charge in [-0.1, -0.05) is 41.9 Å². The summed E-state index contributed by atoms with van der Waals surface area (Å²) in [7, 11) is -3.73. The number of aliphatic hydroxyl groups is 1. The first-order valence-electron chi connectivity index (χ1n) is 6.37. The molecule has 2 rings (SSSR count). The second-order valence-corrected chi connectivity index (χ2v) is 6.82. The quantitative estimate of drug-likeness (QED) is 0.888. The van der Waals surface area contributed by atoms with Crippen LogP contribution < -0.4 is 4.72 Å². The normalized spacial score (nSPS) is 11.6. The van der Waals surface area contributed by atoms with E-state index in [0.717, 1.165) is 11.1 Å². The fourth-order valence-electron chi connectivity index (χ4n) is 1.91. The molecule has 0 heterocycles. The van der Waals surface area contributed by atoms with Gasteiger partial charge in [0, 0.05) is 6.54 Å². The van der Waals surface area contributed by atoms with Crippen molar-refractivity contribution in [2.45, 2.75) is 25.0 Å². The van der Waals surface area contributed by atoms with E-state index >= 15 is 0 Å². The molecule has 0 saturated heterocycles. The van der Waals surface area contributed by atoms with Crippen molar-refractivity contribution in [1.29, 1.82) is 0 Å². The molecule has 0 aromatic heterocycles. The van der Waals surface area contributed by atoms with Crippen molar-refractivity contribution in [3.63, 3.8) is 0 Å². The molecular formula is C15H16ClNO3S. The third kappa shape index (κ3) is 3.83. The maximum Gasteiger partial charge on any atom is 0.242 e. The predicted molar refractivity (Wildman–Crippen MR) is 82.6 cm³/mol. The number of hydrogen-bond donors (Lipinski definition) is 2. The van der Waals surface area contributed by atoms with E-state index in [0.29, 0.717) is 5.56 Å². The highest BCUT2D eigenvalue weighted by molar-refractivity contribution is 7.89. The zero-order chi connectivity index (χ0) is 15.5. The van der Waals surface area contributed by atoms with Crippen molar-refractivity contribution in [3.8, 4) is 0 Å². The summed E-state index contributed by atoms with van der Waals surface area (Å²) >= 11 is 5.95. The van der Waals surface area contributed by atoms with Crippen molar-refractivity contribution in [1.82, 2.24) is 4.72 Å². The van der Waals surface area contributed by atoms with E-state index < -0.39 is 10.0 Å². The van der Waals surface area contributed by atoms with Crippen LogP contribution in [-0.4, -0.2) is 13.5 Å². The molecule has 0 atom stereocenters. The Kier molecular flexibility index (Phi) is 5.00. The van der Waals surface area contributed by atoms with Crippen LogP contribution in [0.1, 0.15) is 16.7 Å². The number of halogens is 1. The lowest BCUT2D eigenvalue weighted by Crippen LogP contribution is -2.24. The molecule has 6 heteroatoms. The first-order chi connectivity index (χ1) is 9.94. The third-order valence-electron chi connectivity index (χ3n) is 3.18. The molecule has 2 aromatic rings. The lowest BCUT2D eigenvalue weighted by molar-refractivity contribution is 0.281. The average Bonchev–Trinajstić information content (AvgIpc) is 2.47. The number of nitrogens with one attached hydrogen (secondary N) is 1. The number of aliphatic hydroxyl groups excluding tert-OH is 1. The molecule has 0 aliphatic heterocycles. The van der Waals surface area contributed by atoms with Crippen LogP contribution in [0.15, 0.2) is 47.4 Å². The molecule has 0 saturated carbocycles. The van der Waals surface area contributed by atoms with E-state index in [2.05, 4.69) is 4.72 Å². The van der Waals surface area contributed by atoms with Gasteiger partial charge in [0.2, 0.25) is 10.0 Å².